The molecule has 2 bridgehead atoms. The van der Waals surface area contributed by atoms with Crippen LogP contribution >= 0.6 is 0 Å². The molecule has 3 nitrogen and oxygen atoms in total. The molecule has 1 aromatic heterocycles. The summed E-state index contributed by atoms with van der Waals surface area (Å²) in [6.07, 6.45) is 0.707. The Labute approximate surface area is 120 Å². The van der Waals surface area contributed by atoms with Gasteiger partial charge in [0, 0.05) is 12.3 Å². The van der Waals surface area contributed by atoms with Gasteiger partial charge < -0.3 is 10.1 Å². The molecule has 0 amide bonds. The maximum absolute atomic E-state index is 12.5. The highest BCUT2D eigenvalue weighted by molar-refractivity contribution is 5.24. The minimum absolute atomic E-state index is 0.178. The van der Waals surface area contributed by atoms with Gasteiger partial charge in [0.15, 0.2) is 0 Å². The number of aromatic nitrogens is 1. The maximum Gasteiger partial charge on any atom is 0.417 e. The standard InChI is InChI=1S/C15H17F3N2O/c16-15(17,18)10-1-2-12(20-7-10)21-14-4-3-13(8-14,9-14)11-5-19-6-11/h1-2,7,11,19H,3-6,8-9H2. The topological polar surface area (TPSA) is 34.1 Å². The van der Waals surface area contributed by atoms with E-state index < -0.39 is 11.7 Å². The quantitative estimate of drug-likeness (QED) is 0.931. The molecule has 0 spiro atoms. The summed E-state index contributed by atoms with van der Waals surface area (Å²) in [5, 5.41) is 3.31. The lowest BCUT2D eigenvalue weighted by Gasteiger charge is -2.53. The van der Waals surface area contributed by atoms with Crippen LogP contribution in [0.5, 0.6) is 5.88 Å². The molecule has 6 heteroatoms. The van der Waals surface area contributed by atoms with Crippen LogP contribution in [-0.2, 0) is 6.18 Å². The average Bonchev–Trinajstić information content (AvgIpc) is 2.81. The SMILES string of the molecule is FC(F)(F)c1ccc(OC23CCC(C4CNC4)(C2)C3)nc1. The summed E-state index contributed by atoms with van der Waals surface area (Å²) in [4.78, 5) is 3.83. The van der Waals surface area contributed by atoms with Crippen molar-refractivity contribution in [3.63, 3.8) is 0 Å². The van der Waals surface area contributed by atoms with Crippen molar-refractivity contribution in [1.82, 2.24) is 10.3 Å². The van der Waals surface area contributed by atoms with Crippen LogP contribution < -0.4 is 10.1 Å². The first-order valence-electron chi connectivity index (χ1n) is 7.34. The molecule has 0 radical (unpaired) electrons. The fraction of sp³-hybridized carbons (Fsp3) is 0.667. The smallest absolute Gasteiger partial charge is 0.417 e. The van der Waals surface area contributed by atoms with E-state index in [1.807, 2.05) is 0 Å². The first kappa shape index (κ1) is 13.4. The molecule has 5 rings (SSSR count). The van der Waals surface area contributed by atoms with Crippen LogP contribution in [0.25, 0.3) is 0 Å². The molecular formula is C15H17F3N2O. The van der Waals surface area contributed by atoms with E-state index >= 15 is 0 Å². The Morgan fingerprint density at radius 2 is 1.95 bits per heavy atom. The molecule has 1 saturated heterocycles. The van der Waals surface area contributed by atoms with Gasteiger partial charge in [-0.25, -0.2) is 4.98 Å². The summed E-state index contributed by atoms with van der Waals surface area (Å²) >= 11 is 0. The van der Waals surface area contributed by atoms with E-state index in [2.05, 4.69) is 10.3 Å². The van der Waals surface area contributed by atoms with Crippen molar-refractivity contribution in [2.24, 2.45) is 11.3 Å². The largest absolute Gasteiger partial charge is 0.471 e. The van der Waals surface area contributed by atoms with Crippen molar-refractivity contribution in [1.29, 1.82) is 0 Å². The molecule has 4 fully saturated rings. The lowest BCUT2D eigenvalue weighted by atomic mass is 9.58. The highest BCUT2D eigenvalue weighted by atomic mass is 19.4. The van der Waals surface area contributed by atoms with Crippen LogP contribution in [0.15, 0.2) is 18.3 Å². The number of alkyl halides is 3. The number of hydrogen-bond donors (Lipinski definition) is 1. The van der Waals surface area contributed by atoms with Crippen LogP contribution in [0.3, 0.4) is 0 Å². The van der Waals surface area contributed by atoms with Crippen LogP contribution in [0.1, 0.15) is 31.2 Å². The molecular weight excluding hydrogens is 281 g/mol. The third-order valence-electron chi connectivity index (χ3n) is 5.46. The molecule has 3 saturated carbocycles. The summed E-state index contributed by atoms with van der Waals surface area (Å²) in [5.41, 5.74) is -0.498. The van der Waals surface area contributed by atoms with E-state index in [1.165, 1.54) is 12.5 Å². The monoisotopic (exact) mass is 298 g/mol. The fourth-order valence-corrected chi connectivity index (χ4v) is 4.23. The third-order valence-corrected chi connectivity index (χ3v) is 5.46. The lowest BCUT2D eigenvalue weighted by molar-refractivity contribution is -0.137. The Morgan fingerprint density at radius 3 is 2.48 bits per heavy atom. The molecule has 21 heavy (non-hydrogen) atoms. The normalized spacial score (nSPS) is 35.2. The zero-order valence-electron chi connectivity index (χ0n) is 11.5. The predicted molar refractivity (Wildman–Crippen MR) is 69.9 cm³/mol. The minimum atomic E-state index is -4.35. The van der Waals surface area contributed by atoms with Crippen LogP contribution in [0.4, 0.5) is 13.2 Å². The minimum Gasteiger partial charge on any atom is -0.471 e. The second kappa shape index (κ2) is 4.12. The number of hydrogen-bond acceptors (Lipinski definition) is 3. The van der Waals surface area contributed by atoms with Crippen molar-refractivity contribution in [3.8, 4) is 5.88 Å². The number of pyridine rings is 1. The van der Waals surface area contributed by atoms with Gasteiger partial charge in [0.25, 0.3) is 0 Å². The molecule has 1 aliphatic heterocycles. The van der Waals surface area contributed by atoms with Crippen LogP contribution in [-0.4, -0.2) is 23.7 Å². The summed E-state index contributed by atoms with van der Waals surface area (Å²) in [5.74, 6) is 1.06. The molecule has 0 atom stereocenters. The first-order chi connectivity index (χ1) is 9.91. The molecule has 114 valence electrons. The molecule has 4 aliphatic rings. The van der Waals surface area contributed by atoms with Crippen molar-refractivity contribution in [3.05, 3.63) is 23.9 Å². The van der Waals surface area contributed by atoms with Gasteiger partial charge in [0.1, 0.15) is 5.60 Å². The van der Waals surface area contributed by atoms with E-state index in [1.54, 1.807) is 0 Å². The van der Waals surface area contributed by atoms with Gasteiger partial charge in [0.05, 0.1) is 5.56 Å². The zero-order chi connectivity index (χ0) is 14.7. The number of nitrogens with zero attached hydrogens (tertiary/aromatic N) is 1. The van der Waals surface area contributed by atoms with E-state index in [4.69, 9.17) is 4.74 Å². The highest BCUT2D eigenvalue weighted by Gasteiger charge is 2.66. The van der Waals surface area contributed by atoms with E-state index in [-0.39, 0.29) is 5.60 Å². The molecule has 1 N–H and O–H groups in total. The molecule has 2 heterocycles. The Kier molecular flexibility index (Phi) is 2.62. The van der Waals surface area contributed by atoms with E-state index in [0.717, 1.165) is 50.5 Å². The zero-order valence-corrected chi connectivity index (χ0v) is 11.5. The summed E-state index contributed by atoms with van der Waals surface area (Å²) in [7, 11) is 0. The second-order valence-electron chi connectivity index (χ2n) is 6.74. The molecule has 0 unspecified atom stereocenters. The van der Waals surface area contributed by atoms with Crippen molar-refractivity contribution < 1.29 is 17.9 Å². The van der Waals surface area contributed by atoms with Gasteiger partial charge in [0.2, 0.25) is 5.88 Å². The maximum atomic E-state index is 12.5. The highest BCUT2D eigenvalue weighted by Crippen LogP contribution is 2.66. The van der Waals surface area contributed by atoms with Crippen molar-refractivity contribution in [2.45, 2.75) is 37.5 Å². The van der Waals surface area contributed by atoms with Gasteiger partial charge in [-0.2, -0.15) is 13.2 Å². The second-order valence-corrected chi connectivity index (χ2v) is 6.74. The van der Waals surface area contributed by atoms with Gasteiger partial charge in [-0.05, 0) is 56.2 Å². The van der Waals surface area contributed by atoms with E-state index in [9.17, 15) is 13.2 Å². The Bertz CT molecular complexity index is 545. The number of rotatable bonds is 3. The van der Waals surface area contributed by atoms with Crippen LogP contribution in [0.2, 0.25) is 0 Å². The van der Waals surface area contributed by atoms with Gasteiger partial charge in [-0.1, -0.05) is 0 Å². The van der Waals surface area contributed by atoms with E-state index in [0.29, 0.717) is 11.3 Å². The molecule has 3 aliphatic carbocycles. The summed E-state index contributed by atoms with van der Waals surface area (Å²) < 4.78 is 43.5. The Morgan fingerprint density at radius 1 is 1.19 bits per heavy atom. The predicted octanol–water partition coefficient (Wildman–Crippen LogP) is 3.01. The number of halogens is 3. The lowest BCUT2D eigenvalue weighted by Crippen LogP contribution is -2.59. The average molecular weight is 298 g/mol. The number of ether oxygens (including phenoxy) is 1. The van der Waals surface area contributed by atoms with Crippen molar-refractivity contribution in [2.75, 3.05) is 13.1 Å². The van der Waals surface area contributed by atoms with Gasteiger partial charge in [-0.15, -0.1) is 0 Å². The molecule has 1 aromatic rings. The first-order valence-corrected chi connectivity index (χ1v) is 7.34. The van der Waals surface area contributed by atoms with Gasteiger partial charge in [-0.3, -0.25) is 0 Å². The Balaban J connectivity index is 1.44. The number of nitrogens with one attached hydrogen (secondary N) is 1. The molecule has 0 aromatic carbocycles. The third kappa shape index (κ3) is 2.03. The Hall–Kier alpha value is -1.30. The summed E-state index contributed by atoms with van der Waals surface area (Å²) in [6.45, 7) is 2.18. The number of fused-ring (bicyclic) bond motifs is 1. The fourth-order valence-electron chi connectivity index (χ4n) is 4.23. The summed E-state index contributed by atoms with van der Waals surface area (Å²) in [6, 6.07) is 2.37. The van der Waals surface area contributed by atoms with Crippen molar-refractivity contribution >= 4 is 0 Å². The van der Waals surface area contributed by atoms with Gasteiger partial charge >= 0.3 is 6.18 Å². The van der Waals surface area contributed by atoms with Crippen LogP contribution in [0, 0.1) is 11.3 Å².